The molecule has 1 aromatic carbocycles. The van der Waals surface area contributed by atoms with Gasteiger partial charge in [0, 0.05) is 22.0 Å². The Balaban J connectivity index is 2.45. The highest BCUT2D eigenvalue weighted by atomic mass is 35.5. The van der Waals surface area contributed by atoms with Crippen molar-refractivity contribution in [2.75, 3.05) is 6.61 Å². The van der Waals surface area contributed by atoms with E-state index in [1.807, 2.05) is 32.0 Å². The van der Waals surface area contributed by atoms with Gasteiger partial charge >= 0.3 is 0 Å². The van der Waals surface area contributed by atoms with Crippen molar-refractivity contribution in [1.29, 1.82) is 0 Å². The van der Waals surface area contributed by atoms with E-state index in [1.54, 1.807) is 0 Å². The van der Waals surface area contributed by atoms with Gasteiger partial charge in [-0.1, -0.05) is 11.6 Å². The molecule has 82 valence electrons. The lowest BCUT2D eigenvalue weighted by atomic mass is 9.79. The minimum atomic E-state index is -0.233. The molecule has 3 heteroatoms. The van der Waals surface area contributed by atoms with E-state index in [0.29, 0.717) is 5.92 Å². The van der Waals surface area contributed by atoms with Crippen molar-refractivity contribution in [1.82, 2.24) is 0 Å². The molecule has 0 bridgehead atoms. The molecule has 0 radical (unpaired) electrons. The molecule has 0 spiro atoms. The first-order valence-corrected chi connectivity index (χ1v) is 5.57. The van der Waals surface area contributed by atoms with Crippen LogP contribution in [0.3, 0.4) is 0 Å². The third kappa shape index (κ3) is 2.11. The van der Waals surface area contributed by atoms with Gasteiger partial charge in [-0.15, -0.1) is 0 Å². The Bertz CT molecular complexity index is 370. The summed E-state index contributed by atoms with van der Waals surface area (Å²) in [5, 5.41) is 0.744. The van der Waals surface area contributed by atoms with E-state index in [-0.39, 0.29) is 5.54 Å². The molecule has 0 aromatic heterocycles. The van der Waals surface area contributed by atoms with E-state index in [9.17, 15) is 0 Å². The molecule has 0 amide bonds. The Morgan fingerprint density at radius 1 is 1.47 bits per heavy atom. The second-order valence-corrected chi connectivity index (χ2v) is 5.13. The fourth-order valence-corrected chi connectivity index (χ4v) is 2.32. The highest BCUT2D eigenvalue weighted by Crippen LogP contribution is 2.40. The van der Waals surface area contributed by atoms with Crippen molar-refractivity contribution in [3.05, 3.63) is 28.8 Å². The van der Waals surface area contributed by atoms with Crippen molar-refractivity contribution in [2.45, 2.75) is 31.7 Å². The van der Waals surface area contributed by atoms with Gasteiger partial charge in [-0.05, 0) is 38.5 Å². The highest BCUT2D eigenvalue weighted by molar-refractivity contribution is 6.30. The summed E-state index contributed by atoms with van der Waals surface area (Å²) in [5.41, 5.74) is 7.08. The molecule has 0 aliphatic carbocycles. The molecule has 0 saturated heterocycles. The van der Waals surface area contributed by atoms with Crippen LogP contribution in [0.25, 0.3) is 0 Å². The number of hydrogen-bond acceptors (Lipinski definition) is 2. The minimum absolute atomic E-state index is 0.233. The minimum Gasteiger partial charge on any atom is -0.493 e. The Kier molecular flexibility index (Phi) is 2.65. The Hall–Kier alpha value is -0.730. The van der Waals surface area contributed by atoms with Gasteiger partial charge < -0.3 is 10.5 Å². The standard InChI is InChI=1S/C12H16ClNO/c1-12(2,14)10-5-6-15-11-4-3-8(13)7-9(10)11/h3-4,7,10H,5-6,14H2,1-2H3. The number of halogens is 1. The van der Waals surface area contributed by atoms with Crippen molar-refractivity contribution >= 4 is 11.6 Å². The summed E-state index contributed by atoms with van der Waals surface area (Å²) in [7, 11) is 0. The summed E-state index contributed by atoms with van der Waals surface area (Å²) in [6, 6.07) is 5.75. The predicted octanol–water partition coefficient (Wildman–Crippen LogP) is 2.94. The van der Waals surface area contributed by atoms with E-state index >= 15 is 0 Å². The van der Waals surface area contributed by atoms with Crippen molar-refractivity contribution < 1.29 is 4.74 Å². The second-order valence-electron chi connectivity index (χ2n) is 4.69. The maximum atomic E-state index is 6.18. The number of nitrogens with two attached hydrogens (primary N) is 1. The predicted molar refractivity (Wildman–Crippen MR) is 62.6 cm³/mol. The smallest absolute Gasteiger partial charge is 0.122 e. The van der Waals surface area contributed by atoms with E-state index in [4.69, 9.17) is 22.1 Å². The molecule has 1 heterocycles. The van der Waals surface area contributed by atoms with Gasteiger partial charge in [-0.25, -0.2) is 0 Å². The first-order valence-electron chi connectivity index (χ1n) is 5.19. The number of fused-ring (bicyclic) bond motifs is 1. The topological polar surface area (TPSA) is 35.2 Å². The largest absolute Gasteiger partial charge is 0.493 e. The molecule has 2 rings (SSSR count). The molecule has 1 atom stereocenters. The molecule has 2 nitrogen and oxygen atoms in total. The molecular formula is C12H16ClNO. The molecule has 1 aromatic rings. The first-order chi connectivity index (χ1) is 6.98. The van der Waals surface area contributed by atoms with Gasteiger partial charge in [0.1, 0.15) is 5.75 Å². The van der Waals surface area contributed by atoms with Gasteiger partial charge in [-0.2, -0.15) is 0 Å². The molecular weight excluding hydrogens is 210 g/mol. The SMILES string of the molecule is CC(C)(N)C1CCOc2ccc(Cl)cc21. The summed E-state index contributed by atoms with van der Waals surface area (Å²) in [6.07, 6.45) is 0.955. The maximum absolute atomic E-state index is 6.18. The molecule has 1 aliphatic rings. The van der Waals surface area contributed by atoms with E-state index < -0.39 is 0 Å². The van der Waals surface area contributed by atoms with Crippen molar-refractivity contribution in [2.24, 2.45) is 5.73 Å². The summed E-state index contributed by atoms with van der Waals surface area (Å²) in [6.45, 7) is 4.83. The van der Waals surface area contributed by atoms with Gasteiger partial charge in [0.05, 0.1) is 6.61 Å². The van der Waals surface area contributed by atoms with Gasteiger partial charge in [0.2, 0.25) is 0 Å². The zero-order chi connectivity index (χ0) is 11.1. The molecule has 0 saturated carbocycles. The van der Waals surface area contributed by atoms with Crippen LogP contribution < -0.4 is 10.5 Å². The molecule has 15 heavy (non-hydrogen) atoms. The van der Waals surface area contributed by atoms with Crippen LogP contribution in [0.5, 0.6) is 5.75 Å². The van der Waals surface area contributed by atoms with Gasteiger partial charge in [0.15, 0.2) is 0 Å². The quantitative estimate of drug-likeness (QED) is 0.798. The lowest BCUT2D eigenvalue weighted by Gasteiger charge is -2.35. The average molecular weight is 226 g/mol. The summed E-state index contributed by atoms with van der Waals surface area (Å²) < 4.78 is 5.59. The molecule has 2 N–H and O–H groups in total. The third-order valence-corrected chi connectivity index (χ3v) is 3.14. The van der Waals surface area contributed by atoms with Crippen molar-refractivity contribution in [3.63, 3.8) is 0 Å². The van der Waals surface area contributed by atoms with Crippen molar-refractivity contribution in [3.8, 4) is 5.75 Å². The Morgan fingerprint density at radius 3 is 2.87 bits per heavy atom. The lowest BCUT2D eigenvalue weighted by Crippen LogP contribution is -2.41. The zero-order valence-corrected chi connectivity index (χ0v) is 9.84. The summed E-state index contributed by atoms with van der Waals surface area (Å²) >= 11 is 6.00. The van der Waals surface area contributed by atoms with Gasteiger partial charge in [0.25, 0.3) is 0 Å². The fraction of sp³-hybridized carbons (Fsp3) is 0.500. The number of ether oxygens (including phenoxy) is 1. The molecule has 1 unspecified atom stereocenters. The summed E-state index contributed by atoms with van der Waals surface area (Å²) in [4.78, 5) is 0. The normalized spacial score (nSPS) is 20.7. The van der Waals surface area contributed by atoms with E-state index in [0.717, 1.165) is 29.4 Å². The average Bonchev–Trinajstić information content (AvgIpc) is 2.15. The fourth-order valence-electron chi connectivity index (χ4n) is 2.14. The maximum Gasteiger partial charge on any atom is 0.122 e. The van der Waals surface area contributed by atoms with Crippen LogP contribution in [0.1, 0.15) is 31.7 Å². The first kappa shape index (κ1) is 10.8. The van der Waals surface area contributed by atoms with Crippen LogP contribution in [0, 0.1) is 0 Å². The van der Waals surface area contributed by atoms with Crippen LogP contribution in [0.15, 0.2) is 18.2 Å². The van der Waals surface area contributed by atoms with Crippen LogP contribution in [-0.4, -0.2) is 12.1 Å². The van der Waals surface area contributed by atoms with Crippen LogP contribution in [0.2, 0.25) is 5.02 Å². The monoisotopic (exact) mass is 225 g/mol. The van der Waals surface area contributed by atoms with E-state index in [1.165, 1.54) is 0 Å². The van der Waals surface area contributed by atoms with E-state index in [2.05, 4.69) is 0 Å². The molecule has 0 fully saturated rings. The summed E-state index contributed by atoms with van der Waals surface area (Å²) in [5.74, 6) is 1.24. The van der Waals surface area contributed by atoms with Crippen LogP contribution in [-0.2, 0) is 0 Å². The molecule has 1 aliphatic heterocycles. The number of hydrogen-bond donors (Lipinski definition) is 1. The number of rotatable bonds is 1. The Morgan fingerprint density at radius 2 is 2.20 bits per heavy atom. The van der Waals surface area contributed by atoms with Crippen LogP contribution >= 0.6 is 11.6 Å². The highest BCUT2D eigenvalue weighted by Gasteiger charge is 2.31. The Labute approximate surface area is 95.4 Å². The van der Waals surface area contributed by atoms with Crippen LogP contribution in [0.4, 0.5) is 0 Å². The number of benzene rings is 1. The second kappa shape index (κ2) is 3.69. The third-order valence-electron chi connectivity index (χ3n) is 2.91. The zero-order valence-electron chi connectivity index (χ0n) is 9.09. The lowest BCUT2D eigenvalue weighted by molar-refractivity contribution is 0.233. The van der Waals surface area contributed by atoms with Gasteiger partial charge in [-0.3, -0.25) is 0 Å².